The first kappa shape index (κ1) is 17.5. The fourth-order valence-electron chi connectivity index (χ4n) is 5.16. The average Bonchev–Trinajstić information content (AvgIpc) is 3.14. The van der Waals surface area contributed by atoms with E-state index in [-0.39, 0.29) is 11.8 Å². The van der Waals surface area contributed by atoms with Crippen molar-refractivity contribution in [2.75, 3.05) is 12.0 Å². The Morgan fingerprint density at radius 1 is 1.20 bits per heavy atom. The van der Waals surface area contributed by atoms with Gasteiger partial charge < -0.3 is 18.9 Å². The molecule has 0 radical (unpaired) electrons. The lowest BCUT2D eigenvalue weighted by molar-refractivity contribution is -0.301. The average molecular weight is 407 g/mol. The molecular weight excluding hydrogens is 390 g/mol. The van der Waals surface area contributed by atoms with Gasteiger partial charge in [-0.15, -0.1) is 0 Å². The first-order valence-electron chi connectivity index (χ1n) is 9.65. The maximum atomic E-state index is 13.5. The number of rotatable bonds is 1. The normalized spacial score (nSPS) is 35.0. The van der Waals surface area contributed by atoms with Gasteiger partial charge in [-0.25, -0.2) is 9.69 Å². The second-order valence-corrected chi connectivity index (χ2v) is 7.81. The molecule has 0 aromatic heterocycles. The first-order chi connectivity index (χ1) is 14.5. The predicted molar refractivity (Wildman–Crippen MR) is 100 cm³/mol. The predicted octanol–water partition coefficient (Wildman–Crippen LogP) is 1.67. The summed E-state index contributed by atoms with van der Waals surface area (Å²) in [6.45, 7) is 1.36. The summed E-state index contributed by atoms with van der Waals surface area (Å²) in [5.74, 6) is -1.10. The molecule has 5 aliphatic rings. The highest BCUT2D eigenvalue weighted by atomic mass is 16.7. The van der Waals surface area contributed by atoms with E-state index in [2.05, 4.69) is 0 Å². The van der Waals surface area contributed by atoms with Gasteiger partial charge in [-0.05, 0) is 6.07 Å². The number of carbonyl (C=O) groups excluding carboxylic acids is 3. The number of allylic oxidation sites excluding steroid dienone is 1. The summed E-state index contributed by atoms with van der Waals surface area (Å²) in [6, 6.07) is 7.14. The zero-order chi connectivity index (χ0) is 20.8. The summed E-state index contributed by atoms with van der Waals surface area (Å²) in [4.78, 5) is 38.6. The van der Waals surface area contributed by atoms with Crippen molar-refractivity contribution < 1.29 is 33.3 Å². The lowest BCUT2D eigenvalue weighted by atomic mass is 9.71. The van der Waals surface area contributed by atoms with E-state index in [1.165, 1.54) is 25.0 Å². The molecule has 8 heteroatoms. The minimum Gasteiger partial charge on any atom is -0.493 e. The van der Waals surface area contributed by atoms with E-state index in [4.69, 9.17) is 18.9 Å². The SMILES string of the molecule is COC1=C2O[C@H]3O[C@]4(C(=O)N(C(C)=O)c5ccccc54)[C@H]3C2=CC2C=CC(=O)OC12. The van der Waals surface area contributed by atoms with E-state index < -0.39 is 35.8 Å². The Balaban J connectivity index is 1.51. The molecule has 152 valence electrons. The van der Waals surface area contributed by atoms with Crippen molar-refractivity contribution in [2.45, 2.75) is 24.9 Å². The molecule has 30 heavy (non-hydrogen) atoms. The summed E-state index contributed by atoms with van der Waals surface area (Å²) in [5, 5.41) is 0. The van der Waals surface area contributed by atoms with Gasteiger partial charge in [-0.2, -0.15) is 0 Å². The van der Waals surface area contributed by atoms with Crippen LogP contribution in [0.15, 0.2) is 59.6 Å². The van der Waals surface area contributed by atoms with E-state index in [9.17, 15) is 14.4 Å². The number of carbonyl (C=O) groups is 3. The second kappa shape index (κ2) is 5.60. The Kier molecular flexibility index (Phi) is 3.26. The number of imide groups is 1. The highest BCUT2D eigenvalue weighted by molar-refractivity contribution is 6.22. The number of methoxy groups -OCH3 is 1. The van der Waals surface area contributed by atoms with Crippen LogP contribution in [0.25, 0.3) is 0 Å². The molecule has 2 fully saturated rings. The van der Waals surface area contributed by atoms with E-state index in [1.54, 1.807) is 24.3 Å². The van der Waals surface area contributed by atoms with Crippen LogP contribution in [0.2, 0.25) is 0 Å². The number of anilines is 1. The molecule has 4 heterocycles. The Morgan fingerprint density at radius 2 is 2.00 bits per heavy atom. The molecule has 2 unspecified atom stereocenters. The van der Waals surface area contributed by atoms with Crippen LogP contribution in [0, 0.1) is 11.8 Å². The van der Waals surface area contributed by atoms with E-state index in [1.807, 2.05) is 12.1 Å². The van der Waals surface area contributed by atoms with Crippen molar-refractivity contribution in [3.63, 3.8) is 0 Å². The minimum absolute atomic E-state index is 0.243. The molecule has 5 atom stereocenters. The largest absolute Gasteiger partial charge is 0.493 e. The molecular formula is C22H17NO7. The van der Waals surface area contributed by atoms with Crippen LogP contribution in [0.5, 0.6) is 0 Å². The quantitative estimate of drug-likeness (QED) is 0.654. The molecule has 1 aliphatic carbocycles. The number of para-hydroxylation sites is 1. The number of nitrogens with zero attached hydrogens (tertiary/aromatic N) is 1. The van der Waals surface area contributed by atoms with Gasteiger partial charge in [0.15, 0.2) is 23.2 Å². The van der Waals surface area contributed by atoms with Gasteiger partial charge >= 0.3 is 5.97 Å². The fourth-order valence-corrected chi connectivity index (χ4v) is 5.16. The van der Waals surface area contributed by atoms with Crippen LogP contribution in [0.3, 0.4) is 0 Å². The van der Waals surface area contributed by atoms with Crippen molar-refractivity contribution >= 4 is 23.5 Å². The molecule has 6 rings (SSSR count). The topological polar surface area (TPSA) is 91.4 Å². The summed E-state index contributed by atoms with van der Waals surface area (Å²) in [7, 11) is 1.49. The molecule has 2 saturated heterocycles. The number of benzene rings is 1. The van der Waals surface area contributed by atoms with Gasteiger partial charge in [-0.3, -0.25) is 9.59 Å². The van der Waals surface area contributed by atoms with Gasteiger partial charge in [0.2, 0.25) is 12.2 Å². The van der Waals surface area contributed by atoms with Crippen LogP contribution >= 0.6 is 0 Å². The maximum absolute atomic E-state index is 13.5. The van der Waals surface area contributed by atoms with Gasteiger partial charge in [0.25, 0.3) is 5.91 Å². The third-order valence-electron chi connectivity index (χ3n) is 6.35. The van der Waals surface area contributed by atoms with Crippen molar-refractivity contribution in [3.05, 3.63) is 65.1 Å². The zero-order valence-electron chi connectivity index (χ0n) is 16.2. The van der Waals surface area contributed by atoms with Crippen LogP contribution < -0.4 is 4.90 Å². The van der Waals surface area contributed by atoms with Crippen molar-refractivity contribution in [1.82, 2.24) is 0 Å². The number of esters is 1. The van der Waals surface area contributed by atoms with Crippen LogP contribution in [-0.2, 0) is 38.9 Å². The molecule has 4 aliphatic heterocycles. The lowest BCUT2D eigenvalue weighted by Crippen LogP contribution is -2.61. The second-order valence-electron chi connectivity index (χ2n) is 7.81. The third-order valence-corrected chi connectivity index (χ3v) is 6.35. The van der Waals surface area contributed by atoms with Crippen LogP contribution in [0.1, 0.15) is 12.5 Å². The molecule has 2 amide bonds. The Hall–Kier alpha value is -3.39. The summed E-state index contributed by atoms with van der Waals surface area (Å²) in [5.41, 5.74) is 0.601. The highest BCUT2D eigenvalue weighted by Crippen LogP contribution is 2.63. The van der Waals surface area contributed by atoms with Gasteiger partial charge in [0.1, 0.15) is 0 Å². The fraction of sp³-hybridized carbons (Fsp3) is 0.318. The van der Waals surface area contributed by atoms with Crippen LogP contribution in [0.4, 0.5) is 5.69 Å². The molecule has 0 N–H and O–H groups in total. The Bertz CT molecular complexity index is 1130. The van der Waals surface area contributed by atoms with Crippen molar-refractivity contribution in [2.24, 2.45) is 11.8 Å². The molecule has 1 aromatic rings. The third kappa shape index (κ3) is 1.87. The number of amides is 2. The van der Waals surface area contributed by atoms with Gasteiger partial charge in [0.05, 0.1) is 18.7 Å². The highest BCUT2D eigenvalue weighted by Gasteiger charge is 2.73. The lowest BCUT2D eigenvalue weighted by Gasteiger charge is -2.46. The summed E-state index contributed by atoms with van der Waals surface area (Å²) < 4.78 is 23.1. The molecule has 1 aromatic carbocycles. The first-order valence-corrected chi connectivity index (χ1v) is 9.65. The minimum atomic E-state index is -1.33. The zero-order valence-corrected chi connectivity index (χ0v) is 16.2. The molecule has 0 saturated carbocycles. The number of hydrogen-bond donors (Lipinski definition) is 0. The van der Waals surface area contributed by atoms with Crippen molar-refractivity contribution in [3.8, 4) is 0 Å². The van der Waals surface area contributed by atoms with Gasteiger partial charge in [0, 0.05) is 30.1 Å². The number of ether oxygens (including phenoxy) is 4. The van der Waals surface area contributed by atoms with Crippen LogP contribution in [-0.4, -0.2) is 37.3 Å². The number of hydrogen-bond acceptors (Lipinski definition) is 7. The summed E-state index contributed by atoms with van der Waals surface area (Å²) in [6.07, 6.45) is 3.75. The van der Waals surface area contributed by atoms with E-state index >= 15 is 0 Å². The van der Waals surface area contributed by atoms with Crippen molar-refractivity contribution in [1.29, 1.82) is 0 Å². The van der Waals surface area contributed by atoms with E-state index in [0.717, 1.165) is 5.57 Å². The molecule has 8 nitrogen and oxygen atoms in total. The standard InChI is InChI=1S/C22H17NO7/c1-10(24)23-14-6-4-3-5-13(14)22(21(23)26)16-12-9-11-7-8-15(25)28-17(11)19(27-2)18(12)29-20(16)30-22/h3-9,11,16-17,20H,1-2H3/t11?,16-,17?,20-,22-/m0/s1. The monoisotopic (exact) mass is 407 g/mol. The smallest absolute Gasteiger partial charge is 0.331 e. The Labute approximate surface area is 171 Å². The van der Waals surface area contributed by atoms with E-state index in [0.29, 0.717) is 22.8 Å². The maximum Gasteiger partial charge on any atom is 0.331 e. The Morgan fingerprint density at radius 3 is 2.77 bits per heavy atom. The molecule has 1 spiro atoms. The number of fused-ring (bicyclic) bond motifs is 7. The summed E-state index contributed by atoms with van der Waals surface area (Å²) >= 11 is 0. The van der Waals surface area contributed by atoms with Gasteiger partial charge in [-0.1, -0.05) is 30.4 Å². The molecule has 0 bridgehead atoms.